The van der Waals surface area contributed by atoms with E-state index >= 15 is 0 Å². The number of halogens is 1. The highest BCUT2D eigenvalue weighted by Gasteiger charge is 2.24. The number of piperidine rings is 1. The Hall–Kier alpha value is -2.81. The number of hydrogen-bond donors (Lipinski definition) is 0. The van der Waals surface area contributed by atoms with Crippen LogP contribution in [0.25, 0.3) is 6.08 Å². The molecule has 2 heterocycles. The van der Waals surface area contributed by atoms with Crippen molar-refractivity contribution in [2.24, 2.45) is 0 Å². The van der Waals surface area contributed by atoms with Gasteiger partial charge in [0.05, 0.1) is 32.3 Å². The summed E-state index contributed by atoms with van der Waals surface area (Å²) in [4.78, 5) is 22.7. The van der Waals surface area contributed by atoms with Crippen LogP contribution in [0.2, 0.25) is 0 Å². The van der Waals surface area contributed by atoms with E-state index in [2.05, 4.69) is 25.9 Å². The van der Waals surface area contributed by atoms with E-state index in [4.69, 9.17) is 18.9 Å². The van der Waals surface area contributed by atoms with Crippen molar-refractivity contribution in [3.8, 4) is 23.3 Å². The van der Waals surface area contributed by atoms with Gasteiger partial charge in [-0.1, -0.05) is 0 Å². The molecule has 0 spiro atoms. The number of carbonyl (C=O) groups is 1. The summed E-state index contributed by atoms with van der Waals surface area (Å²) < 4.78 is 22.7. The van der Waals surface area contributed by atoms with Crippen LogP contribution in [0.3, 0.4) is 0 Å². The van der Waals surface area contributed by atoms with Crippen molar-refractivity contribution in [3.05, 3.63) is 40.6 Å². The number of benzene rings is 1. The molecule has 0 saturated carbocycles. The van der Waals surface area contributed by atoms with E-state index in [9.17, 15) is 4.79 Å². The summed E-state index contributed by atoms with van der Waals surface area (Å²) in [6, 6.07) is 3.89. The minimum absolute atomic E-state index is 0.0891. The van der Waals surface area contributed by atoms with Crippen molar-refractivity contribution in [1.29, 1.82) is 0 Å². The lowest BCUT2D eigenvalue weighted by Crippen LogP contribution is -2.43. The molecule has 0 radical (unpaired) electrons. The largest absolute Gasteiger partial charge is 0.493 e. The van der Waals surface area contributed by atoms with Crippen LogP contribution in [-0.4, -0.2) is 61.3 Å². The van der Waals surface area contributed by atoms with Crippen LogP contribution < -0.4 is 18.9 Å². The first-order valence-corrected chi connectivity index (χ1v) is 10.2. The second kappa shape index (κ2) is 10.3. The van der Waals surface area contributed by atoms with Crippen LogP contribution in [0.5, 0.6) is 23.3 Å². The molecule has 0 aliphatic carbocycles. The summed E-state index contributed by atoms with van der Waals surface area (Å²) in [6.07, 6.45) is 8.10. The van der Waals surface area contributed by atoms with E-state index in [-0.39, 0.29) is 12.0 Å². The van der Waals surface area contributed by atoms with E-state index < -0.39 is 0 Å². The van der Waals surface area contributed by atoms with Crippen LogP contribution in [0.4, 0.5) is 0 Å². The fraction of sp³-hybridized carbons (Fsp3) is 0.381. The third-order valence-electron chi connectivity index (χ3n) is 4.66. The summed E-state index contributed by atoms with van der Waals surface area (Å²) >= 11 is 3.30. The molecule has 0 N–H and O–H groups in total. The Bertz CT molecular complexity index is 879. The van der Waals surface area contributed by atoms with E-state index in [1.165, 1.54) is 0 Å². The molecule has 8 nitrogen and oxygen atoms in total. The van der Waals surface area contributed by atoms with Gasteiger partial charge in [-0.2, -0.15) is 0 Å². The average Bonchev–Trinajstić information content (AvgIpc) is 2.78. The molecule has 1 unspecified atom stereocenters. The van der Waals surface area contributed by atoms with E-state index in [1.807, 2.05) is 0 Å². The molecule has 1 aromatic heterocycles. The van der Waals surface area contributed by atoms with E-state index in [0.29, 0.717) is 36.3 Å². The van der Waals surface area contributed by atoms with Crippen molar-refractivity contribution in [2.45, 2.75) is 18.9 Å². The highest BCUT2D eigenvalue weighted by Crippen LogP contribution is 2.38. The Labute approximate surface area is 183 Å². The van der Waals surface area contributed by atoms with Gasteiger partial charge >= 0.3 is 6.01 Å². The summed E-state index contributed by atoms with van der Waals surface area (Å²) in [7, 11) is 4.66. The first-order chi connectivity index (χ1) is 14.5. The number of hydrogen-bond acceptors (Lipinski definition) is 7. The lowest BCUT2D eigenvalue weighted by Gasteiger charge is -2.31. The van der Waals surface area contributed by atoms with Gasteiger partial charge in [0.25, 0.3) is 0 Å². The molecule has 30 heavy (non-hydrogen) atoms. The molecule has 160 valence electrons. The molecule has 0 bridgehead atoms. The van der Waals surface area contributed by atoms with Crippen molar-refractivity contribution in [1.82, 2.24) is 14.9 Å². The average molecular weight is 478 g/mol. The molecule has 9 heteroatoms. The van der Waals surface area contributed by atoms with Crippen molar-refractivity contribution < 1.29 is 23.7 Å². The predicted octanol–water partition coefficient (Wildman–Crippen LogP) is 3.35. The SMILES string of the molecule is COc1cc(/C=C/C(=O)N2CCCC(Oc3ncc(Br)cn3)C2)cc(OC)c1OC. The highest BCUT2D eigenvalue weighted by atomic mass is 79.9. The van der Waals surface area contributed by atoms with Gasteiger partial charge in [0.15, 0.2) is 11.5 Å². The number of aromatic nitrogens is 2. The third-order valence-corrected chi connectivity index (χ3v) is 5.07. The number of rotatable bonds is 7. The van der Waals surface area contributed by atoms with Gasteiger partial charge in [-0.3, -0.25) is 4.79 Å². The van der Waals surface area contributed by atoms with E-state index in [1.54, 1.807) is 62.9 Å². The van der Waals surface area contributed by atoms with Crippen LogP contribution in [0.1, 0.15) is 18.4 Å². The summed E-state index contributed by atoms with van der Waals surface area (Å²) in [5, 5.41) is 0. The maximum atomic E-state index is 12.7. The molecule has 1 saturated heterocycles. The molecule has 1 atom stereocenters. The number of ether oxygens (including phenoxy) is 4. The van der Waals surface area contributed by atoms with Crippen molar-refractivity contribution in [2.75, 3.05) is 34.4 Å². The first-order valence-electron chi connectivity index (χ1n) is 9.45. The highest BCUT2D eigenvalue weighted by molar-refractivity contribution is 9.10. The van der Waals surface area contributed by atoms with Gasteiger partial charge in [-0.25, -0.2) is 9.97 Å². The second-order valence-electron chi connectivity index (χ2n) is 6.64. The maximum Gasteiger partial charge on any atom is 0.316 e. The second-order valence-corrected chi connectivity index (χ2v) is 7.56. The Kier molecular flexibility index (Phi) is 7.51. The number of methoxy groups -OCH3 is 3. The van der Waals surface area contributed by atoms with Gasteiger partial charge in [-0.15, -0.1) is 0 Å². The zero-order valence-electron chi connectivity index (χ0n) is 17.1. The van der Waals surface area contributed by atoms with Gasteiger partial charge in [0.2, 0.25) is 11.7 Å². The first kappa shape index (κ1) is 21.9. The lowest BCUT2D eigenvalue weighted by atomic mass is 10.1. The zero-order chi connectivity index (χ0) is 21.5. The van der Waals surface area contributed by atoms with E-state index in [0.717, 1.165) is 22.9 Å². The molecular weight excluding hydrogens is 454 g/mol. The fourth-order valence-corrected chi connectivity index (χ4v) is 3.42. The molecule has 1 aliphatic heterocycles. The Morgan fingerprint density at radius 3 is 2.40 bits per heavy atom. The minimum atomic E-state index is -0.140. The van der Waals surface area contributed by atoms with Gasteiger partial charge in [0.1, 0.15) is 6.10 Å². The smallest absolute Gasteiger partial charge is 0.316 e. The number of carbonyl (C=O) groups excluding carboxylic acids is 1. The molecule has 3 rings (SSSR count). The third kappa shape index (κ3) is 5.41. The normalized spacial score (nSPS) is 16.4. The maximum absolute atomic E-state index is 12.7. The molecule has 1 aliphatic rings. The van der Waals surface area contributed by atoms with Gasteiger partial charge < -0.3 is 23.8 Å². The van der Waals surface area contributed by atoms with Crippen LogP contribution >= 0.6 is 15.9 Å². The topological polar surface area (TPSA) is 83.0 Å². The zero-order valence-corrected chi connectivity index (χ0v) is 18.7. The molecule has 1 amide bonds. The standard InChI is InChI=1S/C21H24BrN3O5/c1-27-17-9-14(10-18(28-2)20(17)29-3)6-7-19(26)25-8-4-5-16(13-25)30-21-23-11-15(22)12-24-21/h6-7,9-12,16H,4-5,8,13H2,1-3H3/b7-6+. The van der Waals surface area contributed by atoms with Crippen molar-refractivity contribution in [3.63, 3.8) is 0 Å². The lowest BCUT2D eigenvalue weighted by molar-refractivity contribution is -0.128. The molecule has 2 aromatic rings. The summed E-state index contributed by atoms with van der Waals surface area (Å²) in [5.74, 6) is 1.48. The van der Waals surface area contributed by atoms with Crippen LogP contribution in [0.15, 0.2) is 35.1 Å². The predicted molar refractivity (Wildman–Crippen MR) is 115 cm³/mol. The minimum Gasteiger partial charge on any atom is -0.493 e. The van der Waals surface area contributed by atoms with Gasteiger partial charge in [0, 0.05) is 25.0 Å². The molecule has 1 fully saturated rings. The van der Waals surface area contributed by atoms with Crippen LogP contribution in [0, 0.1) is 0 Å². The Morgan fingerprint density at radius 1 is 1.13 bits per heavy atom. The quantitative estimate of drug-likeness (QED) is 0.565. The summed E-state index contributed by atoms with van der Waals surface area (Å²) in [5.41, 5.74) is 0.769. The summed E-state index contributed by atoms with van der Waals surface area (Å²) in [6.45, 7) is 1.16. The fourth-order valence-electron chi connectivity index (χ4n) is 3.22. The molecular formula is C21H24BrN3O5. The number of amides is 1. The Morgan fingerprint density at radius 2 is 1.80 bits per heavy atom. The van der Waals surface area contributed by atoms with Gasteiger partial charge in [-0.05, 0) is 52.5 Å². The molecule has 1 aromatic carbocycles. The monoisotopic (exact) mass is 477 g/mol. The van der Waals surface area contributed by atoms with Crippen molar-refractivity contribution >= 4 is 27.9 Å². The van der Waals surface area contributed by atoms with Crippen LogP contribution in [-0.2, 0) is 4.79 Å². The number of likely N-dealkylation sites (tertiary alicyclic amines) is 1. The number of nitrogens with zero attached hydrogens (tertiary/aromatic N) is 3. The Balaban J connectivity index is 1.66.